The molecule has 0 amide bonds. The van der Waals surface area contributed by atoms with Crippen molar-refractivity contribution in [1.82, 2.24) is 9.97 Å². The van der Waals surface area contributed by atoms with Gasteiger partial charge in [-0.2, -0.15) is 0 Å². The number of rotatable bonds is 2. The van der Waals surface area contributed by atoms with Crippen LogP contribution in [0.25, 0.3) is 0 Å². The predicted molar refractivity (Wildman–Crippen MR) is 42.2 cm³/mol. The van der Waals surface area contributed by atoms with Gasteiger partial charge in [0.2, 0.25) is 5.88 Å². The lowest BCUT2D eigenvalue weighted by Gasteiger charge is -2.07. The second kappa shape index (κ2) is 3.18. The van der Waals surface area contributed by atoms with E-state index in [2.05, 4.69) is 9.97 Å². The van der Waals surface area contributed by atoms with E-state index in [-0.39, 0.29) is 6.10 Å². The summed E-state index contributed by atoms with van der Waals surface area (Å²) in [6.07, 6.45) is 1.50. The Hall–Kier alpha value is -1.32. The van der Waals surface area contributed by atoms with Gasteiger partial charge in [0.1, 0.15) is 12.1 Å². The number of hydrogen-bond acceptors (Lipinski definition) is 4. The molecule has 4 nitrogen and oxygen atoms in total. The lowest BCUT2D eigenvalue weighted by atomic mass is 10.5. The predicted octanol–water partition coefficient (Wildman–Crippen LogP) is 0.846. The van der Waals surface area contributed by atoms with E-state index >= 15 is 0 Å². The molecule has 0 aromatic carbocycles. The van der Waals surface area contributed by atoms with Crippen molar-refractivity contribution in [3.8, 4) is 5.88 Å². The molecule has 1 aromatic rings. The normalized spacial score (nSPS) is 10.1. The van der Waals surface area contributed by atoms with E-state index in [1.165, 1.54) is 6.33 Å². The molecule has 0 bridgehead atoms. The molecule has 0 unspecified atom stereocenters. The lowest BCUT2D eigenvalue weighted by Crippen LogP contribution is -2.07. The first-order valence-corrected chi connectivity index (χ1v) is 3.42. The largest absolute Gasteiger partial charge is 0.475 e. The highest BCUT2D eigenvalue weighted by molar-refractivity contribution is 5.30. The molecule has 0 aliphatic carbocycles. The zero-order valence-electron chi connectivity index (χ0n) is 6.61. The number of hydrogen-bond donors (Lipinski definition) is 1. The number of nitrogens with zero attached hydrogens (tertiary/aromatic N) is 2. The Labute approximate surface area is 65.4 Å². The zero-order valence-corrected chi connectivity index (χ0v) is 6.61. The van der Waals surface area contributed by atoms with E-state index in [0.29, 0.717) is 11.7 Å². The third kappa shape index (κ3) is 2.41. The highest BCUT2D eigenvalue weighted by Gasteiger charge is 1.98. The molecule has 1 aromatic heterocycles. The minimum absolute atomic E-state index is 0.115. The van der Waals surface area contributed by atoms with Crippen LogP contribution in [0.2, 0.25) is 0 Å². The van der Waals surface area contributed by atoms with Crippen LogP contribution in [0.4, 0.5) is 5.82 Å². The van der Waals surface area contributed by atoms with Crippen molar-refractivity contribution < 1.29 is 4.74 Å². The van der Waals surface area contributed by atoms with Crippen LogP contribution in [0.5, 0.6) is 5.88 Å². The first-order chi connectivity index (χ1) is 5.18. The van der Waals surface area contributed by atoms with Crippen LogP contribution in [0.15, 0.2) is 12.4 Å². The van der Waals surface area contributed by atoms with E-state index in [1.54, 1.807) is 6.07 Å². The van der Waals surface area contributed by atoms with Gasteiger partial charge in [-0.15, -0.1) is 0 Å². The van der Waals surface area contributed by atoms with Gasteiger partial charge in [0, 0.05) is 6.07 Å². The summed E-state index contributed by atoms with van der Waals surface area (Å²) in [7, 11) is 0. The van der Waals surface area contributed by atoms with Crippen molar-refractivity contribution in [1.29, 1.82) is 0 Å². The molecular formula is C7H11N3O. The molecule has 0 aliphatic heterocycles. The topological polar surface area (TPSA) is 61.0 Å². The van der Waals surface area contributed by atoms with Gasteiger partial charge in [0.05, 0.1) is 6.10 Å². The average Bonchev–Trinajstić information content (AvgIpc) is 1.85. The molecule has 0 spiro atoms. The maximum atomic E-state index is 5.40. The molecule has 4 heteroatoms. The van der Waals surface area contributed by atoms with E-state index in [9.17, 15) is 0 Å². The fourth-order valence-corrected chi connectivity index (χ4v) is 0.659. The molecule has 0 fully saturated rings. The van der Waals surface area contributed by atoms with E-state index < -0.39 is 0 Å². The summed E-state index contributed by atoms with van der Waals surface area (Å²) in [6.45, 7) is 3.86. The van der Waals surface area contributed by atoms with Crippen molar-refractivity contribution >= 4 is 5.82 Å². The van der Waals surface area contributed by atoms with Crippen LogP contribution in [-0.4, -0.2) is 16.1 Å². The molecule has 2 N–H and O–H groups in total. The quantitative estimate of drug-likeness (QED) is 0.684. The summed E-state index contributed by atoms with van der Waals surface area (Å²) in [5.74, 6) is 0.947. The Morgan fingerprint density at radius 2 is 2.18 bits per heavy atom. The smallest absolute Gasteiger partial charge is 0.218 e. The number of nitrogen functional groups attached to an aromatic ring is 1. The molecule has 11 heavy (non-hydrogen) atoms. The monoisotopic (exact) mass is 153 g/mol. The van der Waals surface area contributed by atoms with Gasteiger partial charge in [-0.05, 0) is 13.8 Å². The summed E-state index contributed by atoms with van der Waals surface area (Å²) in [5.41, 5.74) is 5.40. The first kappa shape index (κ1) is 7.78. The van der Waals surface area contributed by atoms with Gasteiger partial charge < -0.3 is 10.5 Å². The Balaban J connectivity index is 2.71. The molecule has 60 valence electrons. The van der Waals surface area contributed by atoms with Crippen molar-refractivity contribution in [2.24, 2.45) is 0 Å². The number of ether oxygens (including phenoxy) is 1. The molecule has 0 atom stereocenters. The second-order valence-electron chi connectivity index (χ2n) is 2.45. The molecule has 1 heterocycles. The van der Waals surface area contributed by atoms with Gasteiger partial charge in [-0.25, -0.2) is 9.97 Å². The van der Waals surface area contributed by atoms with Crippen LogP contribution in [0.1, 0.15) is 13.8 Å². The minimum Gasteiger partial charge on any atom is -0.475 e. The van der Waals surface area contributed by atoms with Gasteiger partial charge in [-0.3, -0.25) is 0 Å². The number of anilines is 1. The Bertz CT molecular complexity index is 237. The Morgan fingerprint density at radius 3 is 2.73 bits per heavy atom. The highest BCUT2D eigenvalue weighted by Crippen LogP contribution is 2.08. The third-order valence-electron chi connectivity index (χ3n) is 1.02. The lowest BCUT2D eigenvalue weighted by molar-refractivity contribution is 0.232. The van der Waals surface area contributed by atoms with Crippen molar-refractivity contribution in [2.45, 2.75) is 20.0 Å². The summed E-state index contributed by atoms with van der Waals surface area (Å²) in [6, 6.07) is 1.60. The van der Waals surface area contributed by atoms with Crippen LogP contribution in [0, 0.1) is 0 Å². The summed E-state index contributed by atoms with van der Waals surface area (Å²) in [5, 5.41) is 0. The van der Waals surface area contributed by atoms with Crippen LogP contribution in [-0.2, 0) is 0 Å². The van der Waals surface area contributed by atoms with E-state index in [0.717, 1.165) is 0 Å². The maximum absolute atomic E-state index is 5.40. The maximum Gasteiger partial charge on any atom is 0.218 e. The first-order valence-electron chi connectivity index (χ1n) is 3.42. The summed E-state index contributed by atoms with van der Waals surface area (Å²) >= 11 is 0. The third-order valence-corrected chi connectivity index (χ3v) is 1.02. The van der Waals surface area contributed by atoms with E-state index in [1.807, 2.05) is 13.8 Å². The molecule has 0 saturated carbocycles. The number of aromatic nitrogens is 2. The highest BCUT2D eigenvalue weighted by atomic mass is 16.5. The van der Waals surface area contributed by atoms with Crippen LogP contribution < -0.4 is 10.5 Å². The molecule has 1 rings (SSSR count). The SMILES string of the molecule is CC(C)Oc1cc(N)ncn1. The fourth-order valence-electron chi connectivity index (χ4n) is 0.659. The second-order valence-corrected chi connectivity index (χ2v) is 2.45. The average molecular weight is 153 g/mol. The van der Waals surface area contributed by atoms with Gasteiger partial charge in [0.25, 0.3) is 0 Å². The fraction of sp³-hybridized carbons (Fsp3) is 0.429. The van der Waals surface area contributed by atoms with Gasteiger partial charge in [-0.1, -0.05) is 0 Å². The van der Waals surface area contributed by atoms with Gasteiger partial charge >= 0.3 is 0 Å². The van der Waals surface area contributed by atoms with Crippen molar-refractivity contribution in [3.05, 3.63) is 12.4 Å². The molecule has 0 saturated heterocycles. The Morgan fingerprint density at radius 1 is 1.45 bits per heavy atom. The zero-order chi connectivity index (χ0) is 8.27. The molecule has 0 aliphatic rings. The number of nitrogens with two attached hydrogens (primary N) is 1. The Kier molecular flexibility index (Phi) is 2.25. The summed E-state index contributed by atoms with van der Waals surface area (Å²) < 4.78 is 5.26. The van der Waals surface area contributed by atoms with Crippen LogP contribution >= 0.6 is 0 Å². The van der Waals surface area contributed by atoms with Gasteiger partial charge in [0.15, 0.2) is 0 Å². The minimum atomic E-state index is 0.115. The van der Waals surface area contributed by atoms with Crippen LogP contribution in [0.3, 0.4) is 0 Å². The molecule has 0 radical (unpaired) electrons. The summed E-state index contributed by atoms with van der Waals surface area (Å²) in [4.78, 5) is 7.60. The standard InChI is InChI=1S/C7H11N3O/c1-5(2)11-7-3-6(8)9-4-10-7/h3-5H,1-2H3,(H2,8,9,10). The van der Waals surface area contributed by atoms with E-state index in [4.69, 9.17) is 10.5 Å². The van der Waals surface area contributed by atoms with Crippen molar-refractivity contribution in [3.63, 3.8) is 0 Å². The molecular weight excluding hydrogens is 142 g/mol. The van der Waals surface area contributed by atoms with Crippen molar-refractivity contribution in [2.75, 3.05) is 5.73 Å².